The lowest BCUT2D eigenvalue weighted by Gasteiger charge is -2.42. The lowest BCUT2D eigenvalue weighted by atomic mass is 9.65. The molecule has 0 radical (unpaired) electrons. The van der Waals surface area contributed by atoms with Gasteiger partial charge in [0, 0.05) is 17.4 Å². The Kier molecular flexibility index (Phi) is 4.80. The molecule has 1 nitrogen and oxygen atoms in total. The van der Waals surface area contributed by atoms with Crippen molar-refractivity contribution < 1.29 is 4.39 Å². The maximum absolute atomic E-state index is 14.4. The van der Waals surface area contributed by atoms with Gasteiger partial charge < -0.3 is 5.73 Å². The van der Waals surface area contributed by atoms with Crippen LogP contribution in [0.3, 0.4) is 0 Å². The molecule has 0 fully saturated rings. The van der Waals surface area contributed by atoms with E-state index < -0.39 is 11.1 Å². The first-order valence-corrected chi connectivity index (χ1v) is 5.68. The van der Waals surface area contributed by atoms with Crippen LogP contribution in [-0.4, -0.2) is 11.7 Å². The molecule has 0 aliphatic rings. The molecule has 0 saturated carbocycles. The van der Waals surface area contributed by atoms with Crippen molar-refractivity contribution in [2.24, 2.45) is 17.1 Å². The van der Waals surface area contributed by atoms with E-state index in [0.29, 0.717) is 12.8 Å². The molecule has 0 aromatic carbocycles. The molecular weight excluding hydrogens is 189 g/mol. The predicted molar refractivity (Wildman–Crippen MR) is 64.2 cm³/mol. The second kappa shape index (κ2) is 4.99. The molecule has 0 aliphatic heterocycles. The van der Waals surface area contributed by atoms with Gasteiger partial charge in [-0.2, -0.15) is 0 Å². The van der Waals surface area contributed by atoms with Crippen LogP contribution >= 0.6 is 0 Å². The fourth-order valence-corrected chi connectivity index (χ4v) is 2.27. The predicted octanol–water partition coefficient (Wildman–Crippen LogP) is 3.14. The molecular formula is C13H24FN. The fourth-order valence-electron chi connectivity index (χ4n) is 2.27. The molecule has 0 bridgehead atoms. The van der Waals surface area contributed by atoms with Gasteiger partial charge in [0.05, 0.1) is 0 Å². The van der Waals surface area contributed by atoms with Gasteiger partial charge in [-0.1, -0.05) is 19.8 Å². The average molecular weight is 213 g/mol. The number of nitrogens with two attached hydrogens (primary N) is 1. The summed E-state index contributed by atoms with van der Waals surface area (Å²) >= 11 is 0. The highest BCUT2D eigenvalue weighted by atomic mass is 19.1. The van der Waals surface area contributed by atoms with Gasteiger partial charge in [0.15, 0.2) is 0 Å². The molecule has 88 valence electrons. The van der Waals surface area contributed by atoms with Crippen molar-refractivity contribution >= 4 is 0 Å². The highest BCUT2D eigenvalue weighted by molar-refractivity contribution is 5.13. The minimum Gasteiger partial charge on any atom is -0.327 e. The van der Waals surface area contributed by atoms with E-state index in [1.165, 1.54) is 0 Å². The second-order valence-corrected chi connectivity index (χ2v) is 4.81. The molecule has 0 aromatic heterocycles. The summed E-state index contributed by atoms with van der Waals surface area (Å²) < 4.78 is 14.4. The smallest absolute Gasteiger partial charge is 0.112 e. The minimum atomic E-state index is -1.25. The van der Waals surface area contributed by atoms with Crippen LogP contribution in [-0.2, 0) is 0 Å². The van der Waals surface area contributed by atoms with Crippen LogP contribution in [0.4, 0.5) is 4.39 Å². The maximum atomic E-state index is 14.4. The van der Waals surface area contributed by atoms with Crippen molar-refractivity contribution in [3.63, 3.8) is 0 Å². The number of hydrogen-bond acceptors (Lipinski definition) is 1. The SMILES string of the molecule is C#C[C@](C)([C@@H](C)N)[C@H](CC)[C@@](C)(F)CC. The largest absolute Gasteiger partial charge is 0.327 e. The van der Waals surface area contributed by atoms with Crippen LogP contribution in [0.1, 0.15) is 47.5 Å². The van der Waals surface area contributed by atoms with Gasteiger partial charge in [-0.15, -0.1) is 6.42 Å². The third-order valence-corrected chi connectivity index (χ3v) is 3.81. The van der Waals surface area contributed by atoms with E-state index in [4.69, 9.17) is 12.2 Å². The third kappa shape index (κ3) is 2.72. The van der Waals surface area contributed by atoms with Crippen molar-refractivity contribution in [2.45, 2.75) is 59.2 Å². The van der Waals surface area contributed by atoms with Gasteiger partial charge in [-0.25, -0.2) is 4.39 Å². The van der Waals surface area contributed by atoms with Crippen molar-refractivity contribution in [3.8, 4) is 12.3 Å². The first kappa shape index (κ1) is 14.5. The molecule has 0 amide bonds. The summed E-state index contributed by atoms with van der Waals surface area (Å²) in [7, 11) is 0. The van der Waals surface area contributed by atoms with Gasteiger partial charge in [-0.05, 0) is 33.6 Å². The summed E-state index contributed by atoms with van der Waals surface area (Å²) in [6.45, 7) is 9.18. The van der Waals surface area contributed by atoms with E-state index in [0.717, 1.165) is 0 Å². The number of halogens is 1. The molecule has 15 heavy (non-hydrogen) atoms. The van der Waals surface area contributed by atoms with Gasteiger partial charge in [0.25, 0.3) is 0 Å². The molecule has 2 N–H and O–H groups in total. The number of alkyl halides is 1. The van der Waals surface area contributed by atoms with E-state index in [9.17, 15) is 4.39 Å². The Labute approximate surface area is 93.6 Å². The zero-order valence-electron chi connectivity index (χ0n) is 10.6. The van der Waals surface area contributed by atoms with Crippen molar-refractivity contribution in [2.75, 3.05) is 0 Å². The van der Waals surface area contributed by atoms with E-state index in [1.54, 1.807) is 6.92 Å². The first-order valence-electron chi connectivity index (χ1n) is 5.68. The molecule has 4 atom stereocenters. The van der Waals surface area contributed by atoms with Gasteiger partial charge >= 0.3 is 0 Å². The molecule has 0 spiro atoms. The number of terminal acetylenes is 1. The summed E-state index contributed by atoms with van der Waals surface area (Å²) in [4.78, 5) is 0. The second-order valence-electron chi connectivity index (χ2n) is 4.81. The van der Waals surface area contributed by atoms with E-state index >= 15 is 0 Å². The molecule has 0 aliphatic carbocycles. The van der Waals surface area contributed by atoms with Crippen LogP contribution in [0.2, 0.25) is 0 Å². The van der Waals surface area contributed by atoms with Crippen molar-refractivity contribution in [1.29, 1.82) is 0 Å². The van der Waals surface area contributed by atoms with Gasteiger partial charge in [-0.3, -0.25) is 0 Å². The van der Waals surface area contributed by atoms with Crippen LogP contribution in [0.15, 0.2) is 0 Å². The number of rotatable bonds is 5. The highest BCUT2D eigenvalue weighted by Gasteiger charge is 2.45. The van der Waals surface area contributed by atoms with E-state index in [2.05, 4.69) is 5.92 Å². The summed E-state index contributed by atoms with van der Waals surface area (Å²) in [5, 5.41) is 0. The van der Waals surface area contributed by atoms with Crippen molar-refractivity contribution in [3.05, 3.63) is 0 Å². The summed E-state index contributed by atoms with van der Waals surface area (Å²) in [6, 6.07) is -0.200. The lowest BCUT2D eigenvalue weighted by Crippen LogP contribution is -2.49. The molecule has 0 heterocycles. The Hall–Kier alpha value is -0.550. The van der Waals surface area contributed by atoms with Gasteiger partial charge in [0.1, 0.15) is 5.67 Å². The highest BCUT2D eigenvalue weighted by Crippen LogP contribution is 2.42. The molecule has 0 saturated heterocycles. The van der Waals surface area contributed by atoms with Crippen LogP contribution in [0, 0.1) is 23.7 Å². The molecule has 0 rings (SSSR count). The Morgan fingerprint density at radius 2 is 1.87 bits per heavy atom. The third-order valence-electron chi connectivity index (χ3n) is 3.81. The molecule has 0 aromatic rings. The Bertz CT molecular complexity index is 239. The quantitative estimate of drug-likeness (QED) is 0.698. The van der Waals surface area contributed by atoms with Crippen LogP contribution in [0.5, 0.6) is 0 Å². The monoisotopic (exact) mass is 213 g/mol. The van der Waals surface area contributed by atoms with E-state index in [-0.39, 0.29) is 12.0 Å². The topological polar surface area (TPSA) is 26.0 Å². The van der Waals surface area contributed by atoms with Gasteiger partial charge in [0.2, 0.25) is 0 Å². The molecule has 2 heteroatoms. The normalized spacial score (nSPS) is 23.3. The Morgan fingerprint density at radius 1 is 1.40 bits per heavy atom. The average Bonchev–Trinajstić information content (AvgIpc) is 2.17. The first-order chi connectivity index (χ1) is 6.76. The fraction of sp³-hybridized carbons (Fsp3) is 0.846. The summed E-state index contributed by atoms with van der Waals surface area (Å²) in [5.41, 5.74) is 4.08. The number of hydrogen-bond donors (Lipinski definition) is 1. The van der Waals surface area contributed by atoms with Crippen molar-refractivity contribution in [1.82, 2.24) is 0 Å². The minimum absolute atomic E-state index is 0.194. The van der Waals surface area contributed by atoms with Crippen LogP contribution in [0.25, 0.3) is 0 Å². The standard InChI is InChI=1S/C13H24FN/c1-7-11(13(6,14)9-3)12(5,8-2)10(4)15/h2,10-11H,7,9,15H2,1,3-6H3/t10-,11+,12-,13+/m1/s1. The summed E-state index contributed by atoms with van der Waals surface area (Å²) in [5.74, 6) is 2.51. The maximum Gasteiger partial charge on any atom is 0.112 e. The molecule has 0 unspecified atom stereocenters. The Balaban J connectivity index is 5.21. The van der Waals surface area contributed by atoms with E-state index in [1.807, 2.05) is 27.7 Å². The zero-order valence-corrected chi connectivity index (χ0v) is 10.6. The zero-order chi connectivity index (χ0) is 12.3. The lowest BCUT2D eigenvalue weighted by molar-refractivity contribution is 0.0223. The Morgan fingerprint density at radius 3 is 2.07 bits per heavy atom. The summed E-state index contributed by atoms with van der Waals surface area (Å²) in [6.07, 6.45) is 6.72. The van der Waals surface area contributed by atoms with Crippen LogP contribution < -0.4 is 5.73 Å².